The molecule has 0 radical (unpaired) electrons. The van der Waals surface area contributed by atoms with Gasteiger partial charge in [0.2, 0.25) is 0 Å². The Morgan fingerprint density at radius 3 is 2.89 bits per heavy atom. The predicted molar refractivity (Wildman–Crippen MR) is 74.5 cm³/mol. The van der Waals surface area contributed by atoms with E-state index in [0.717, 1.165) is 6.42 Å². The molecule has 0 saturated heterocycles. The SMILES string of the molecule is O=C(NCCc1cccs1)c1cccc(Br)c1F. The van der Waals surface area contributed by atoms with Crippen molar-refractivity contribution in [1.29, 1.82) is 0 Å². The quantitative estimate of drug-likeness (QED) is 0.912. The predicted octanol–water partition coefficient (Wildman–Crippen LogP) is 3.62. The standard InChI is InChI=1S/C13H11BrFNOS/c14-11-5-1-4-10(12(11)15)13(17)16-7-6-9-3-2-8-18-9/h1-5,8H,6-7H2,(H,16,17). The van der Waals surface area contributed by atoms with E-state index in [1.807, 2.05) is 17.5 Å². The Morgan fingerprint density at radius 1 is 1.33 bits per heavy atom. The van der Waals surface area contributed by atoms with Gasteiger partial charge in [-0.25, -0.2) is 4.39 Å². The zero-order chi connectivity index (χ0) is 13.0. The third-order valence-corrected chi connectivity index (χ3v) is 3.98. The summed E-state index contributed by atoms with van der Waals surface area (Å²) >= 11 is 4.70. The van der Waals surface area contributed by atoms with Crippen LogP contribution in [0.2, 0.25) is 0 Å². The Bertz CT molecular complexity index is 542. The lowest BCUT2D eigenvalue weighted by molar-refractivity contribution is 0.0950. The highest BCUT2D eigenvalue weighted by Crippen LogP contribution is 2.18. The van der Waals surface area contributed by atoms with Gasteiger partial charge in [0, 0.05) is 11.4 Å². The van der Waals surface area contributed by atoms with Gasteiger partial charge in [0.15, 0.2) is 0 Å². The van der Waals surface area contributed by atoms with Crippen molar-refractivity contribution in [3.05, 3.63) is 56.4 Å². The van der Waals surface area contributed by atoms with E-state index >= 15 is 0 Å². The number of amides is 1. The molecule has 1 aromatic heterocycles. The Balaban J connectivity index is 1.93. The molecule has 0 aliphatic heterocycles. The highest BCUT2D eigenvalue weighted by atomic mass is 79.9. The molecule has 1 heterocycles. The largest absolute Gasteiger partial charge is 0.352 e. The molecular formula is C13H11BrFNOS. The fraction of sp³-hybridized carbons (Fsp3) is 0.154. The Hall–Kier alpha value is -1.20. The maximum absolute atomic E-state index is 13.6. The molecule has 0 unspecified atom stereocenters. The molecule has 0 aliphatic carbocycles. The number of carbonyl (C=O) groups excluding carboxylic acids is 1. The summed E-state index contributed by atoms with van der Waals surface area (Å²) in [6, 6.07) is 8.66. The molecule has 0 atom stereocenters. The molecular weight excluding hydrogens is 317 g/mol. The molecule has 2 nitrogen and oxygen atoms in total. The van der Waals surface area contributed by atoms with Crippen LogP contribution in [-0.4, -0.2) is 12.5 Å². The molecule has 1 aromatic carbocycles. The number of carbonyl (C=O) groups is 1. The normalized spacial score (nSPS) is 10.3. The summed E-state index contributed by atoms with van der Waals surface area (Å²) in [5.41, 5.74) is 0.0653. The van der Waals surface area contributed by atoms with E-state index in [9.17, 15) is 9.18 Å². The number of halogens is 2. The number of nitrogens with one attached hydrogen (secondary N) is 1. The molecule has 18 heavy (non-hydrogen) atoms. The van der Waals surface area contributed by atoms with Crippen molar-refractivity contribution < 1.29 is 9.18 Å². The minimum atomic E-state index is -0.522. The van der Waals surface area contributed by atoms with E-state index in [1.54, 1.807) is 23.5 Å². The van der Waals surface area contributed by atoms with Crippen molar-refractivity contribution in [2.45, 2.75) is 6.42 Å². The first-order chi connectivity index (χ1) is 8.68. The molecule has 0 spiro atoms. The number of benzene rings is 1. The molecule has 2 aromatic rings. The first-order valence-electron chi connectivity index (χ1n) is 5.43. The lowest BCUT2D eigenvalue weighted by Gasteiger charge is -2.06. The van der Waals surface area contributed by atoms with E-state index < -0.39 is 5.82 Å². The molecule has 2 rings (SSSR count). The first kappa shape index (κ1) is 13.2. The van der Waals surface area contributed by atoms with Crippen LogP contribution in [0.15, 0.2) is 40.2 Å². The second-order valence-corrected chi connectivity index (χ2v) is 5.57. The minimum Gasteiger partial charge on any atom is -0.352 e. The van der Waals surface area contributed by atoms with Crippen molar-refractivity contribution in [3.8, 4) is 0 Å². The summed E-state index contributed by atoms with van der Waals surface area (Å²) in [6.45, 7) is 0.505. The molecule has 0 aliphatic rings. The molecule has 5 heteroatoms. The monoisotopic (exact) mass is 327 g/mol. The van der Waals surface area contributed by atoms with Crippen LogP contribution in [0.1, 0.15) is 15.2 Å². The fourth-order valence-electron chi connectivity index (χ4n) is 1.53. The van der Waals surface area contributed by atoms with Gasteiger partial charge in [-0.05, 0) is 45.9 Å². The molecule has 0 bridgehead atoms. The summed E-state index contributed by atoms with van der Waals surface area (Å²) in [4.78, 5) is 13.0. The fourth-order valence-corrected chi connectivity index (χ4v) is 2.60. The Kier molecular flexibility index (Phi) is 4.49. The maximum atomic E-state index is 13.6. The summed E-state index contributed by atoms with van der Waals surface area (Å²) in [5, 5.41) is 4.70. The zero-order valence-electron chi connectivity index (χ0n) is 9.45. The van der Waals surface area contributed by atoms with Crippen molar-refractivity contribution in [2.75, 3.05) is 6.54 Å². The van der Waals surface area contributed by atoms with E-state index in [1.165, 1.54) is 10.9 Å². The van der Waals surface area contributed by atoms with Crippen LogP contribution in [-0.2, 0) is 6.42 Å². The third kappa shape index (κ3) is 3.17. The smallest absolute Gasteiger partial charge is 0.254 e. The molecule has 0 saturated carbocycles. The molecule has 0 fully saturated rings. The second kappa shape index (κ2) is 6.11. The van der Waals surface area contributed by atoms with Crippen molar-refractivity contribution in [2.24, 2.45) is 0 Å². The van der Waals surface area contributed by atoms with Crippen molar-refractivity contribution in [1.82, 2.24) is 5.32 Å². The van der Waals surface area contributed by atoms with Gasteiger partial charge in [-0.2, -0.15) is 0 Å². The molecule has 94 valence electrons. The van der Waals surface area contributed by atoms with Gasteiger partial charge in [-0.3, -0.25) is 4.79 Å². The first-order valence-corrected chi connectivity index (χ1v) is 7.10. The van der Waals surface area contributed by atoms with E-state index in [-0.39, 0.29) is 11.5 Å². The van der Waals surface area contributed by atoms with E-state index in [2.05, 4.69) is 21.2 Å². The van der Waals surface area contributed by atoms with E-state index in [4.69, 9.17) is 0 Å². The lowest BCUT2D eigenvalue weighted by Crippen LogP contribution is -2.26. The van der Waals surface area contributed by atoms with Gasteiger partial charge < -0.3 is 5.32 Å². The number of thiophene rings is 1. The minimum absolute atomic E-state index is 0.0653. The van der Waals surface area contributed by atoms with E-state index in [0.29, 0.717) is 11.0 Å². The van der Waals surface area contributed by atoms with Crippen molar-refractivity contribution >= 4 is 33.2 Å². The van der Waals surface area contributed by atoms with Gasteiger partial charge in [-0.1, -0.05) is 12.1 Å². The summed E-state index contributed by atoms with van der Waals surface area (Å²) in [7, 11) is 0. The maximum Gasteiger partial charge on any atom is 0.254 e. The number of rotatable bonds is 4. The molecule has 1 N–H and O–H groups in total. The lowest BCUT2D eigenvalue weighted by atomic mass is 10.2. The van der Waals surface area contributed by atoms with Crippen LogP contribution in [0.4, 0.5) is 4.39 Å². The Labute approximate surface area is 117 Å². The van der Waals surface area contributed by atoms with Gasteiger partial charge in [-0.15, -0.1) is 11.3 Å². The van der Waals surface area contributed by atoms with Crippen LogP contribution in [0.3, 0.4) is 0 Å². The Morgan fingerprint density at radius 2 is 2.17 bits per heavy atom. The van der Waals surface area contributed by atoms with Crippen LogP contribution in [0, 0.1) is 5.82 Å². The van der Waals surface area contributed by atoms with Crippen LogP contribution >= 0.6 is 27.3 Å². The van der Waals surface area contributed by atoms with Crippen LogP contribution < -0.4 is 5.32 Å². The summed E-state index contributed by atoms with van der Waals surface area (Å²) < 4.78 is 13.9. The topological polar surface area (TPSA) is 29.1 Å². The highest BCUT2D eigenvalue weighted by Gasteiger charge is 2.13. The average molecular weight is 328 g/mol. The third-order valence-electron chi connectivity index (χ3n) is 2.43. The number of hydrogen-bond donors (Lipinski definition) is 1. The number of hydrogen-bond acceptors (Lipinski definition) is 2. The molecule has 1 amide bonds. The van der Waals surface area contributed by atoms with Gasteiger partial charge >= 0.3 is 0 Å². The average Bonchev–Trinajstić information content (AvgIpc) is 2.85. The summed E-state index contributed by atoms with van der Waals surface area (Å²) in [6.07, 6.45) is 0.763. The highest BCUT2D eigenvalue weighted by molar-refractivity contribution is 9.10. The van der Waals surface area contributed by atoms with Crippen LogP contribution in [0.5, 0.6) is 0 Å². The van der Waals surface area contributed by atoms with Gasteiger partial charge in [0.25, 0.3) is 5.91 Å². The van der Waals surface area contributed by atoms with Crippen LogP contribution in [0.25, 0.3) is 0 Å². The second-order valence-electron chi connectivity index (χ2n) is 3.69. The van der Waals surface area contributed by atoms with Gasteiger partial charge in [0.1, 0.15) is 5.82 Å². The summed E-state index contributed by atoms with van der Waals surface area (Å²) in [5.74, 6) is -0.906. The zero-order valence-corrected chi connectivity index (χ0v) is 11.9. The van der Waals surface area contributed by atoms with Gasteiger partial charge in [0.05, 0.1) is 10.0 Å². The van der Waals surface area contributed by atoms with Crippen molar-refractivity contribution in [3.63, 3.8) is 0 Å².